The molecule has 0 aliphatic carbocycles. The highest BCUT2D eigenvalue weighted by molar-refractivity contribution is 7.92. The van der Waals surface area contributed by atoms with Crippen molar-refractivity contribution in [3.05, 3.63) is 95.0 Å². The van der Waals surface area contributed by atoms with Gasteiger partial charge in [0.15, 0.2) is 0 Å². The summed E-state index contributed by atoms with van der Waals surface area (Å²) in [7, 11) is -3.98. The standard InChI is InChI=1S/C24H23ClN2O3S/c25-22-13-4-5-14-23(22)27(18-19-9-2-1-3-10-19)31(29,30)21-12-8-11-20(17-21)24(28)26-15-6-7-16-26/h1-5,8-14,17H,6-7,15-16,18H2. The number of anilines is 1. The Morgan fingerprint density at radius 2 is 1.58 bits per heavy atom. The molecule has 0 atom stereocenters. The van der Waals surface area contributed by atoms with E-state index in [1.54, 1.807) is 41.3 Å². The zero-order chi connectivity index (χ0) is 21.8. The van der Waals surface area contributed by atoms with E-state index in [9.17, 15) is 13.2 Å². The largest absolute Gasteiger partial charge is 0.339 e. The molecule has 0 spiro atoms. The molecule has 7 heteroatoms. The van der Waals surface area contributed by atoms with E-state index in [1.165, 1.54) is 16.4 Å². The molecular formula is C24H23ClN2O3S. The summed E-state index contributed by atoms with van der Waals surface area (Å²) in [4.78, 5) is 14.6. The fraction of sp³-hybridized carbons (Fsp3) is 0.208. The molecule has 0 N–H and O–H groups in total. The SMILES string of the molecule is O=C(c1cccc(S(=O)(=O)N(Cc2ccccc2)c2ccccc2Cl)c1)N1CCCC1. The van der Waals surface area contributed by atoms with Crippen molar-refractivity contribution in [1.82, 2.24) is 4.90 Å². The van der Waals surface area contributed by atoms with Gasteiger partial charge in [0.05, 0.1) is 22.2 Å². The highest BCUT2D eigenvalue weighted by Gasteiger charge is 2.28. The lowest BCUT2D eigenvalue weighted by molar-refractivity contribution is 0.0792. The molecule has 0 radical (unpaired) electrons. The van der Waals surface area contributed by atoms with Gasteiger partial charge in [0, 0.05) is 18.7 Å². The van der Waals surface area contributed by atoms with Crippen LogP contribution in [-0.2, 0) is 16.6 Å². The topological polar surface area (TPSA) is 57.7 Å². The zero-order valence-corrected chi connectivity index (χ0v) is 18.5. The van der Waals surface area contributed by atoms with E-state index in [1.807, 2.05) is 30.3 Å². The number of likely N-dealkylation sites (tertiary alicyclic amines) is 1. The number of amides is 1. The third kappa shape index (κ3) is 4.60. The number of hydrogen-bond donors (Lipinski definition) is 0. The lowest BCUT2D eigenvalue weighted by Gasteiger charge is -2.26. The third-order valence-electron chi connectivity index (χ3n) is 5.35. The summed E-state index contributed by atoms with van der Waals surface area (Å²) < 4.78 is 28.8. The molecule has 0 saturated carbocycles. The van der Waals surface area contributed by atoms with Gasteiger partial charge in [-0.25, -0.2) is 8.42 Å². The first-order chi connectivity index (χ1) is 15.0. The second kappa shape index (κ2) is 9.12. The summed E-state index contributed by atoms with van der Waals surface area (Å²) in [6.45, 7) is 1.53. The van der Waals surface area contributed by atoms with Gasteiger partial charge >= 0.3 is 0 Å². The molecule has 160 valence electrons. The van der Waals surface area contributed by atoms with Crippen LogP contribution in [0.25, 0.3) is 0 Å². The maximum Gasteiger partial charge on any atom is 0.264 e. The molecule has 1 aliphatic heterocycles. The van der Waals surface area contributed by atoms with Gasteiger partial charge in [-0.05, 0) is 48.7 Å². The average molecular weight is 455 g/mol. The predicted molar refractivity (Wildman–Crippen MR) is 123 cm³/mol. The molecule has 5 nitrogen and oxygen atoms in total. The maximum absolute atomic E-state index is 13.7. The van der Waals surface area contributed by atoms with Gasteiger partial charge in [-0.15, -0.1) is 0 Å². The number of carbonyl (C=O) groups excluding carboxylic acids is 1. The van der Waals surface area contributed by atoms with E-state index in [0.717, 1.165) is 18.4 Å². The smallest absolute Gasteiger partial charge is 0.264 e. The van der Waals surface area contributed by atoms with Crippen LogP contribution in [-0.4, -0.2) is 32.3 Å². The third-order valence-corrected chi connectivity index (χ3v) is 7.43. The Kier molecular flexibility index (Phi) is 6.30. The second-order valence-electron chi connectivity index (χ2n) is 7.48. The monoisotopic (exact) mass is 454 g/mol. The number of halogens is 1. The number of rotatable bonds is 6. The average Bonchev–Trinajstić information content (AvgIpc) is 3.33. The number of para-hydroxylation sites is 1. The zero-order valence-electron chi connectivity index (χ0n) is 16.9. The van der Waals surface area contributed by atoms with Crippen LogP contribution in [0.1, 0.15) is 28.8 Å². The molecule has 0 aromatic heterocycles. The van der Waals surface area contributed by atoms with Gasteiger partial charge in [0.1, 0.15) is 0 Å². The number of hydrogen-bond acceptors (Lipinski definition) is 3. The van der Waals surface area contributed by atoms with E-state index >= 15 is 0 Å². The van der Waals surface area contributed by atoms with Gasteiger partial charge in [-0.2, -0.15) is 0 Å². The van der Waals surface area contributed by atoms with Crippen LogP contribution in [0.5, 0.6) is 0 Å². The van der Waals surface area contributed by atoms with E-state index in [-0.39, 0.29) is 17.3 Å². The minimum absolute atomic E-state index is 0.0633. The number of carbonyl (C=O) groups is 1. The minimum Gasteiger partial charge on any atom is -0.339 e. The van der Waals surface area contributed by atoms with Crippen molar-refractivity contribution in [2.45, 2.75) is 24.3 Å². The Morgan fingerprint density at radius 3 is 2.29 bits per heavy atom. The lowest BCUT2D eigenvalue weighted by Crippen LogP contribution is -2.31. The first-order valence-corrected chi connectivity index (χ1v) is 12.0. The normalized spacial score (nSPS) is 13.9. The summed E-state index contributed by atoms with van der Waals surface area (Å²) in [6, 6.07) is 22.5. The Morgan fingerprint density at radius 1 is 0.903 bits per heavy atom. The van der Waals surface area contributed by atoms with Crippen LogP contribution in [0.3, 0.4) is 0 Å². The van der Waals surface area contributed by atoms with Crippen molar-refractivity contribution in [3.63, 3.8) is 0 Å². The Bertz CT molecular complexity index is 1180. The van der Waals surface area contributed by atoms with Crippen LogP contribution in [0.4, 0.5) is 5.69 Å². The molecule has 3 aromatic rings. The van der Waals surface area contributed by atoms with Gasteiger partial charge in [-0.1, -0.05) is 60.1 Å². The van der Waals surface area contributed by atoms with Crippen LogP contribution in [0, 0.1) is 0 Å². The minimum atomic E-state index is -3.98. The molecular weight excluding hydrogens is 432 g/mol. The summed E-state index contributed by atoms with van der Waals surface area (Å²) in [5, 5.41) is 0.339. The van der Waals surface area contributed by atoms with Crippen LogP contribution in [0.2, 0.25) is 5.02 Å². The molecule has 31 heavy (non-hydrogen) atoms. The summed E-state index contributed by atoms with van der Waals surface area (Å²) >= 11 is 6.38. The number of nitrogens with zero attached hydrogens (tertiary/aromatic N) is 2. The van der Waals surface area contributed by atoms with E-state index in [0.29, 0.717) is 29.4 Å². The molecule has 4 rings (SSSR count). The second-order valence-corrected chi connectivity index (χ2v) is 9.75. The van der Waals surface area contributed by atoms with E-state index < -0.39 is 10.0 Å². The van der Waals surface area contributed by atoms with Crippen molar-refractivity contribution in [1.29, 1.82) is 0 Å². The first-order valence-electron chi connectivity index (χ1n) is 10.2. The highest BCUT2D eigenvalue weighted by Crippen LogP contribution is 2.32. The quantitative estimate of drug-likeness (QED) is 0.528. The van der Waals surface area contributed by atoms with Gasteiger partial charge in [-0.3, -0.25) is 9.10 Å². The van der Waals surface area contributed by atoms with Crippen molar-refractivity contribution >= 4 is 33.2 Å². The molecule has 3 aromatic carbocycles. The first kappa shape index (κ1) is 21.4. The molecule has 1 fully saturated rings. The fourth-order valence-electron chi connectivity index (χ4n) is 3.72. The predicted octanol–water partition coefficient (Wildman–Crippen LogP) is 4.97. The van der Waals surface area contributed by atoms with Gasteiger partial charge in [0.25, 0.3) is 15.9 Å². The molecule has 0 unspecified atom stereocenters. The molecule has 1 aliphatic rings. The highest BCUT2D eigenvalue weighted by atomic mass is 35.5. The lowest BCUT2D eigenvalue weighted by atomic mass is 10.2. The van der Waals surface area contributed by atoms with Crippen molar-refractivity contribution < 1.29 is 13.2 Å². The number of benzene rings is 3. The van der Waals surface area contributed by atoms with Crippen molar-refractivity contribution in [3.8, 4) is 0 Å². The van der Waals surface area contributed by atoms with Crippen LogP contribution < -0.4 is 4.31 Å². The Labute approximate surface area is 187 Å². The summed E-state index contributed by atoms with van der Waals surface area (Å²) in [5.74, 6) is -0.137. The molecule has 1 amide bonds. The van der Waals surface area contributed by atoms with Crippen molar-refractivity contribution in [2.75, 3.05) is 17.4 Å². The fourth-order valence-corrected chi connectivity index (χ4v) is 5.53. The van der Waals surface area contributed by atoms with Gasteiger partial charge < -0.3 is 4.90 Å². The summed E-state index contributed by atoms with van der Waals surface area (Å²) in [6.07, 6.45) is 1.95. The van der Waals surface area contributed by atoms with E-state index in [4.69, 9.17) is 11.6 Å². The van der Waals surface area contributed by atoms with Crippen molar-refractivity contribution in [2.24, 2.45) is 0 Å². The molecule has 1 saturated heterocycles. The number of sulfonamides is 1. The van der Waals surface area contributed by atoms with Gasteiger partial charge in [0.2, 0.25) is 0 Å². The van der Waals surface area contributed by atoms with Crippen LogP contribution >= 0.6 is 11.6 Å². The maximum atomic E-state index is 13.7. The van der Waals surface area contributed by atoms with E-state index in [2.05, 4.69) is 0 Å². The molecule has 1 heterocycles. The summed E-state index contributed by atoms with van der Waals surface area (Å²) in [5.41, 5.74) is 1.60. The Balaban J connectivity index is 1.74. The molecule has 0 bridgehead atoms. The van der Waals surface area contributed by atoms with Crippen LogP contribution in [0.15, 0.2) is 83.8 Å². The Hall–Kier alpha value is -2.83.